The monoisotopic (exact) mass is 297 g/mol. The van der Waals surface area contributed by atoms with Gasteiger partial charge in [-0.2, -0.15) is 0 Å². The van der Waals surface area contributed by atoms with Crippen molar-refractivity contribution in [2.75, 3.05) is 5.32 Å². The highest BCUT2D eigenvalue weighted by Gasteiger charge is 2.27. The van der Waals surface area contributed by atoms with Crippen molar-refractivity contribution in [1.29, 1.82) is 0 Å². The maximum Gasteiger partial charge on any atom is 0.224 e. The molecular weight excluding hydrogens is 277 g/mol. The lowest BCUT2D eigenvalue weighted by atomic mass is 9.95. The zero-order chi connectivity index (χ0) is 15.4. The minimum Gasteiger partial charge on any atom is -0.326 e. The van der Waals surface area contributed by atoms with Crippen LogP contribution in [0.15, 0.2) is 54.6 Å². The minimum atomic E-state index is -0.292. The maximum atomic E-state index is 12.8. The first kappa shape index (κ1) is 14.8. The van der Waals surface area contributed by atoms with Crippen molar-refractivity contribution >= 4 is 11.6 Å². The standard InChI is InChI=1S/C19H20FNO/c20-17-8-10-18(11-9-17)21-19(22)13-14-6-7-16(12-14)15-4-2-1-3-5-15/h1-5,8-11,14,16H,6-7,12-13H2,(H,21,22)/t14-,16+/m0/s1. The van der Waals surface area contributed by atoms with E-state index in [1.54, 1.807) is 12.1 Å². The molecule has 0 aliphatic heterocycles. The van der Waals surface area contributed by atoms with E-state index in [4.69, 9.17) is 0 Å². The fraction of sp³-hybridized carbons (Fsp3) is 0.316. The highest BCUT2D eigenvalue weighted by molar-refractivity contribution is 5.90. The third-order valence-electron chi connectivity index (χ3n) is 4.41. The van der Waals surface area contributed by atoms with Gasteiger partial charge < -0.3 is 5.32 Å². The van der Waals surface area contributed by atoms with Crippen molar-refractivity contribution in [2.45, 2.75) is 31.6 Å². The Morgan fingerprint density at radius 1 is 1.05 bits per heavy atom. The minimum absolute atomic E-state index is 0.0188. The number of amides is 1. The molecule has 1 aliphatic rings. The van der Waals surface area contributed by atoms with Gasteiger partial charge in [-0.25, -0.2) is 4.39 Å². The molecule has 3 heteroatoms. The van der Waals surface area contributed by atoms with E-state index >= 15 is 0 Å². The number of anilines is 1. The second-order valence-corrected chi connectivity index (χ2v) is 6.05. The van der Waals surface area contributed by atoms with Crippen molar-refractivity contribution in [3.63, 3.8) is 0 Å². The lowest BCUT2D eigenvalue weighted by Crippen LogP contribution is -2.15. The van der Waals surface area contributed by atoms with E-state index in [0.29, 0.717) is 23.9 Å². The molecule has 0 radical (unpaired) electrons. The Morgan fingerprint density at radius 2 is 1.77 bits per heavy atom. The van der Waals surface area contributed by atoms with Crippen LogP contribution in [0, 0.1) is 11.7 Å². The molecule has 1 N–H and O–H groups in total. The van der Waals surface area contributed by atoms with E-state index in [2.05, 4.69) is 29.6 Å². The summed E-state index contributed by atoms with van der Waals surface area (Å²) in [4.78, 5) is 12.1. The summed E-state index contributed by atoms with van der Waals surface area (Å²) < 4.78 is 12.8. The first-order valence-corrected chi connectivity index (χ1v) is 7.81. The number of carbonyl (C=O) groups excluding carboxylic acids is 1. The molecule has 1 amide bonds. The molecule has 2 nitrogen and oxygen atoms in total. The molecule has 114 valence electrons. The molecule has 0 spiro atoms. The van der Waals surface area contributed by atoms with Gasteiger partial charge in [0.1, 0.15) is 5.82 Å². The Balaban J connectivity index is 1.51. The van der Waals surface area contributed by atoms with Gasteiger partial charge in [0.05, 0.1) is 0 Å². The van der Waals surface area contributed by atoms with Crippen LogP contribution in [-0.4, -0.2) is 5.91 Å². The maximum absolute atomic E-state index is 12.8. The Labute approximate surface area is 130 Å². The molecule has 0 aromatic heterocycles. The van der Waals surface area contributed by atoms with Gasteiger partial charge in [0, 0.05) is 12.1 Å². The molecule has 0 bridgehead atoms. The fourth-order valence-corrected chi connectivity index (χ4v) is 3.30. The van der Waals surface area contributed by atoms with E-state index in [9.17, 15) is 9.18 Å². The summed E-state index contributed by atoms with van der Waals surface area (Å²) in [5.41, 5.74) is 2.04. The summed E-state index contributed by atoms with van der Waals surface area (Å²) in [5.74, 6) is 0.736. The van der Waals surface area contributed by atoms with Gasteiger partial charge in [-0.1, -0.05) is 30.3 Å². The van der Waals surface area contributed by atoms with E-state index in [1.807, 2.05) is 6.07 Å². The second kappa shape index (κ2) is 6.73. The van der Waals surface area contributed by atoms with E-state index < -0.39 is 0 Å². The Kier molecular flexibility index (Phi) is 4.52. The van der Waals surface area contributed by atoms with Crippen LogP contribution in [0.5, 0.6) is 0 Å². The van der Waals surface area contributed by atoms with Crippen LogP contribution in [0.4, 0.5) is 10.1 Å². The van der Waals surface area contributed by atoms with Crippen molar-refractivity contribution in [2.24, 2.45) is 5.92 Å². The summed E-state index contributed by atoms with van der Waals surface area (Å²) in [5, 5.41) is 2.85. The summed E-state index contributed by atoms with van der Waals surface area (Å²) in [7, 11) is 0. The van der Waals surface area contributed by atoms with Crippen LogP contribution in [0.3, 0.4) is 0 Å². The normalized spacial score (nSPS) is 20.8. The zero-order valence-corrected chi connectivity index (χ0v) is 12.5. The number of carbonyl (C=O) groups is 1. The lowest BCUT2D eigenvalue weighted by molar-refractivity contribution is -0.117. The third-order valence-corrected chi connectivity index (χ3v) is 4.41. The summed E-state index contributed by atoms with van der Waals surface area (Å²) >= 11 is 0. The van der Waals surface area contributed by atoms with Gasteiger partial charge in [0.25, 0.3) is 0 Å². The topological polar surface area (TPSA) is 29.1 Å². The predicted octanol–water partition coefficient (Wildman–Crippen LogP) is 4.74. The molecule has 22 heavy (non-hydrogen) atoms. The highest BCUT2D eigenvalue weighted by atomic mass is 19.1. The first-order valence-electron chi connectivity index (χ1n) is 7.81. The third kappa shape index (κ3) is 3.73. The van der Waals surface area contributed by atoms with Crippen molar-refractivity contribution in [3.05, 3.63) is 66.0 Å². The molecule has 2 aromatic rings. The highest BCUT2D eigenvalue weighted by Crippen LogP contribution is 2.39. The van der Waals surface area contributed by atoms with Gasteiger partial charge >= 0.3 is 0 Å². The van der Waals surface area contributed by atoms with E-state index in [1.165, 1.54) is 17.7 Å². The van der Waals surface area contributed by atoms with Crippen LogP contribution < -0.4 is 5.32 Å². The van der Waals surface area contributed by atoms with Crippen LogP contribution in [0.25, 0.3) is 0 Å². The SMILES string of the molecule is O=C(C[C@H]1CC[C@@H](c2ccccc2)C1)Nc1ccc(F)cc1. The molecule has 2 atom stereocenters. The first-order chi connectivity index (χ1) is 10.7. The summed E-state index contributed by atoms with van der Waals surface area (Å²) in [6.07, 6.45) is 3.86. The van der Waals surface area contributed by atoms with Crippen LogP contribution in [0.1, 0.15) is 37.2 Å². The van der Waals surface area contributed by atoms with E-state index in [0.717, 1.165) is 19.3 Å². The molecule has 1 aliphatic carbocycles. The van der Waals surface area contributed by atoms with Gasteiger partial charge in [0.15, 0.2) is 0 Å². The molecular formula is C19H20FNO. The fourth-order valence-electron chi connectivity index (χ4n) is 3.30. The molecule has 1 saturated carbocycles. The van der Waals surface area contributed by atoms with Gasteiger partial charge in [0.2, 0.25) is 5.91 Å². The van der Waals surface area contributed by atoms with Gasteiger partial charge in [-0.05, 0) is 60.9 Å². The smallest absolute Gasteiger partial charge is 0.224 e. The number of hydrogen-bond acceptors (Lipinski definition) is 1. The lowest BCUT2D eigenvalue weighted by Gasteiger charge is -2.12. The average Bonchev–Trinajstić information content (AvgIpc) is 2.99. The number of halogens is 1. The molecule has 0 heterocycles. The van der Waals surface area contributed by atoms with E-state index in [-0.39, 0.29) is 11.7 Å². The molecule has 0 saturated heterocycles. The van der Waals surface area contributed by atoms with Crippen LogP contribution in [0.2, 0.25) is 0 Å². The largest absolute Gasteiger partial charge is 0.326 e. The van der Waals surface area contributed by atoms with Crippen molar-refractivity contribution in [3.8, 4) is 0 Å². The molecule has 3 rings (SSSR count). The molecule has 2 aromatic carbocycles. The number of rotatable bonds is 4. The molecule has 1 fully saturated rings. The second-order valence-electron chi connectivity index (χ2n) is 6.05. The number of hydrogen-bond donors (Lipinski definition) is 1. The molecule has 0 unspecified atom stereocenters. The zero-order valence-electron chi connectivity index (χ0n) is 12.5. The quantitative estimate of drug-likeness (QED) is 0.867. The number of nitrogens with one attached hydrogen (secondary N) is 1. The Morgan fingerprint density at radius 3 is 2.50 bits per heavy atom. The Hall–Kier alpha value is -2.16. The average molecular weight is 297 g/mol. The van der Waals surface area contributed by atoms with Crippen LogP contribution in [-0.2, 0) is 4.79 Å². The van der Waals surface area contributed by atoms with Crippen molar-refractivity contribution < 1.29 is 9.18 Å². The van der Waals surface area contributed by atoms with Gasteiger partial charge in [-0.15, -0.1) is 0 Å². The van der Waals surface area contributed by atoms with Crippen molar-refractivity contribution in [1.82, 2.24) is 0 Å². The Bertz CT molecular complexity index is 624. The van der Waals surface area contributed by atoms with Crippen LogP contribution >= 0.6 is 0 Å². The summed E-state index contributed by atoms with van der Waals surface area (Å²) in [6, 6.07) is 16.4. The number of benzene rings is 2. The summed E-state index contributed by atoms with van der Waals surface area (Å²) in [6.45, 7) is 0. The van der Waals surface area contributed by atoms with Gasteiger partial charge in [-0.3, -0.25) is 4.79 Å². The predicted molar refractivity (Wildman–Crippen MR) is 86.2 cm³/mol.